The maximum Gasteiger partial charge on any atom is 0.407 e. The van der Waals surface area contributed by atoms with Crippen molar-refractivity contribution in [3.05, 3.63) is 95.6 Å². The Morgan fingerprint density at radius 1 is 0.627 bits per heavy atom. The van der Waals surface area contributed by atoms with Crippen molar-refractivity contribution in [1.82, 2.24) is 40.4 Å². The first kappa shape index (κ1) is 46.8. The van der Waals surface area contributed by atoms with Gasteiger partial charge in [0.25, 0.3) is 0 Å². The number of rotatable bonds is 11. The molecule has 2 saturated heterocycles. The van der Waals surface area contributed by atoms with Crippen molar-refractivity contribution < 1.29 is 28.7 Å². The van der Waals surface area contributed by atoms with Gasteiger partial charge in [0.05, 0.1) is 48.4 Å². The second kappa shape index (κ2) is 18.9. The van der Waals surface area contributed by atoms with Gasteiger partial charge in [-0.1, -0.05) is 96.5 Å². The number of imidazole rings is 2. The topological polar surface area (TPSA) is 175 Å². The van der Waals surface area contributed by atoms with Gasteiger partial charge in [-0.15, -0.1) is 0 Å². The summed E-state index contributed by atoms with van der Waals surface area (Å²) in [6, 6.07) is 24.1. The zero-order valence-electron chi connectivity index (χ0n) is 40.4. The molecule has 67 heavy (non-hydrogen) atoms. The number of likely N-dealkylation sites (tertiary alicyclic amines) is 2. The summed E-state index contributed by atoms with van der Waals surface area (Å²) in [5, 5.41) is 5.47. The van der Waals surface area contributed by atoms with Crippen LogP contribution in [0, 0.1) is 18.8 Å². The molecule has 6 aromatic rings. The van der Waals surface area contributed by atoms with Crippen LogP contribution < -0.4 is 10.6 Å². The Morgan fingerprint density at radius 3 is 1.60 bits per heavy atom. The van der Waals surface area contributed by atoms with Crippen molar-refractivity contribution in [2.75, 3.05) is 27.3 Å². The molecule has 0 radical (unpaired) electrons. The number of H-pyrrole nitrogens is 2. The largest absolute Gasteiger partial charge is 0.453 e. The summed E-state index contributed by atoms with van der Waals surface area (Å²) >= 11 is 0. The first-order chi connectivity index (χ1) is 31.9. The van der Waals surface area contributed by atoms with Crippen LogP contribution >= 0.6 is 0 Å². The molecule has 2 aliphatic heterocycles. The second-order valence-corrected chi connectivity index (χ2v) is 19.9. The number of aromatic nitrogens is 4. The predicted octanol–water partition coefficient (Wildman–Crippen LogP) is 10.1. The van der Waals surface area contributed by atoms with Crippen LogP contribution in [0.25, 0.3) is 55.4 Å². The zero-order chi connectivity index (χ0) is 47.9. The third kappa shape index (κ3) is 9.62. The van der Waals surface area contributed by atoms with Crippen molar-refractivity contribution >= 4 is 46.1 Å². The van der Waals surface area contributed by atoms with Gasteiger partial charge in [0.15, 0.2) is 0 Å². The SMILES string of the molecule is COC(=O)NC(C(=O)N1CCCC1c1nc2ccc(-c3ccc(-c4ccc5nc(C6CCCN6C(=O)C(NC(=O)OC)C(C)C)[nH]c5c4)c(-c4cc(C)cc(C(C)(C)C)c4)c3)cc2[nH]1)C(C)C. The molecule has 352 valence electrons. The van der Waals surface area contributed by atoms with Gasteiger partial charge in [-0.2, -0.15) is 0 Å². The van der Waals surface area contributed by atoms with E-state index in [0.29, 0.717) is 13.1 Å². The van der Waals surface area contributed by atoms with Crippen LogP contribution in [0.15, 0.2) is 72.8 Å². The maximum atomic E-state index is 13.9. The van der Waals surface area contributed by atoms with E-state index in [0.717, 1.165) is 92.8 Å². The van der Waals surface area contributed by atoms with Gasteiger partial charge in [0, 0.05) is 13.1 Å². The summed E-state index contributed by atoms with van der Waals surface area (Å²) in [5.74, 6) is 0.903. The summed E-state index contributed by atoms with van der Waals surface area (Å²) in [4.78, 5) is 72.9. The highest BCUT2D eigenvalue weighted by Gasteiger charge is 2.39. The van der Waals surface area contributed by atoms with E-state index in [9.17, 15) is 19.2 Å². The lowest BCUT2D eigenvalue weighted by Crippen LogP contribution is -2.51. The van der Waals surface area contributed by atoms with Crippen molar-refractivity contribution in [3.8, 4) is 33.4 Å². The molecule has 14 heteroatoms. The van der Waals surface area contributed by atoms with Gasteiger partial charge >= 0.3 is 12.2 Å². The molecule has 0 bridgehead atoms. The molecule has 4 unspecified atom stereocenters. The Balaban J connectivity index is 1.14. The van der Waals surface area contributed by atoms with Crippen molar-refractivity contribution in [3.63, 3.8) is 0 Å². The molecule has 0 spiro atoms. The fourth-order valence-corrected chi connectivity index (χ4v) is 9.69. The molecule has 2 aromatic heterocycles. The highest BCUT2D eigenvalue weighted by atomic mass is 16.5. The van der Waals surface area contributed by atoms with Gasteiger partial charge in [0.2, 0.25) is 11.8 Å². The highest BCUT2D eigenvalue weighted by Crippen LogP contribution is 2.41. The number of alkyl carbamates (subject to hydrolysis) is 2. The molecule has 4 heterocycles. The number of carbonyl (C=O) groups excluding carboxylic acids is 4. The molecule has 0 aliphatic carbocycles. The summed E-state index contributed by atoms with van der Waals surface area (Å²) in [6.07, 6.45) is 1.92. The lowest BCUT2D eigenvalue weighted by molar-refractivity contribution is -0.136. The summed E-state index contributed by atoms with van der Waals surface area (Å²) in [7, 11) is 2.60. The normalized spacial score (nSPS) is 17.4. The number of aromatic amines is 2. The zero-order valence-corrected chi connectivity index (χ0v) is 40.4. The molecular formula is C53H64N8O6. The number of nitrogens with one attached hydrogen (secondary N) is 4. The average Bonchev–Trinajstić information content (AvgIpc) is 4.14. The van der Waals surface area contributed by atoms with E-state index in [1.807, 2.05) is 49.6 Å². The fourth-order valence-electron chi connectivity index (χ4n) is 9.69. The third-order valence-electron chi connectivity index (χ3n) is 13.4. The lowest BCUT2D eigenvalue weighted by atomic mass is 9.83. The fraction of sp³-hybridized carbons (Fsp3) is 0.434. The van der Waals surface area contributed by atoms with E-state index >= 15 is 0 Å². The Hall–Kier alpha value is -6.70. The second-order valence-electron chi connectivity index (χ2n) is 19.9. The van der Waals surface area contributed by atoms with Crippen LogP contribution in [0.3, 0.4) is 0 Å². The number of methoxy groups -OCH3 is 2. The first-order valence-corrected chi connectivity index (χ1v) is 23.5. The molecule has 2 aliphatic rings. The van der Waals surface area contributed by atoms with Crippen LogP contribution in [0.4, 0.5) is 9.59 Å². The quantitative estimate of drug-likeness (QED) is 0.0994. The molecule has 4 aromatic carbocycles. The number of amides is 4. The molecule has 14 nitrogen and oxygen atoms in total. The lowest BCUT2D eigenvalue weighted by Gasteiger charge is -2.29. The number of ether oxygens (including phenoxy) is 2. The number of carbonyl (C=O) groups is 4. The monoisotopic (exact) mass is 908 g/mol. The van der Waals surface area contributed by atoms with E-state index in [1.54, 1.807) is 0 Å². The number of benzene rings is 4. The van der Waals surface area contributed by atoms with Gasteiger partial charge in [-0.3, -0.25) is 9.59 Å². The van der Waals surface area contributed by atoms with Gasteiger partial charge in [-0.25, -0.2) is 19.6 Å². The van der Waals surface area contributed by atoms with Crippen LogP contribution in [0.1, 0.15) is 109 Å². The molecule has 4 amide bonds. The van der Waals surface area contributed by atoms with Crippen molar-refractivity contribution in [1.29, 1.82) is 0 Å². The van der Waals surface area contributed by atoms with Gasteiger partial charge in [0.1, 0.15) is 23.7 Å². The number of hydrogen-bond acceptors (Lipinski definition) is 8. The van der Waals surface area contributed by atoms with E-state index < -0.39 is 24.3 Å². The smallest absolute Gasteiger partial charge is 0.407 e. The Morgan fingerprint density at radius 2 is 1.10 bits per heavy atom. The van der Waals surface area contributed by atoms with E-state index in [1.165, 1.54) is 25.3 Å². The Labute approximate surface area is 392 Å². The first-order valence-electron chi connectivity index (χ1n) is 23.5. The van der Waals surface area contributed by atoms with Crippen molar-refractivity contribution in [2.24, 2.45) is 11.8 Å². The average molecular weight is 909 g/mol. The Kier molecular flexibility index (Phi) is 13.2. The number of fused-ring (bicyclic) bond motifs is 2. The molecule has 2 fully saturated rings. The molecule has 4 atom stereocenters. The van der Waals surface area contributed by atoms with E-state index in [4.69, 9.17) is 19.4 Å². The van der Waals surface area contributed by atoms with Crippen LogP contribution in [-0.4, -0.2) is 93.1 Å². The maximum absolute atomic E-state index is 13.9. The molecular weight excluding hydrogens is 845 g/mol. The minimum atomic E-state index is -0.716. The number of nitrogens with zero attached hydrogens (tertiary/aromatic N) is 4. The predicted molar refractivity (Wildman–Crippen MR) is 261 cm³/mol. The standard InChI is InChI=1S/C53H64N8O6/c1-29(2)45(58-51(64)66-9)49(62)60-21-11-13-43(60)47-54-39-19-16-33(27-41(39)56-47)32-15-18-37(38(26-32)35-23-31(5)24-36(25-35)53(6,7)8)34-17-20-40-42(28-34)57-48(55-40)44-14-12-22-61(44)50(63)46(30(3)4)59-52(65)67-10/h15-20,23-30,43-46H,11-14,21-22H2,1-10H3,(H,54,56)(H,55,57)(H,58,64)(H,59,65). The van der Waals surface area contributed by atoms with Gasteiger partial charge < -0.3 is 39.9 Å². The minimum absolute atomic E-state index is 0.0692. The van der Waals surface area contributed by atoms with Crippen LogP contribution in [0.5, 0.6) is 0 Å². The van der Waals surface area contributed by atoms with E-state index in [2.05, 4.69) is 109 Å². The summed E-state index contributed by atoms with van der Waals surface area (Å²) in [6.45, 7) is 17.7. The molecule has 8 rings (SSSR count). The van der Waals surface area contributed by atoms with Crippen LogP contribution in [-0.2, 0) is 24.5 Å². The van der Waals surface area contributed by atoms with Crippen LogP contribution in [0.2, 0.25) is 0 Å². The minimum Gasteiger partial charge on any atom is -0.453 e. The molecule has 4 N–H and O–H groups in total. The molecule has 0 saturated carbocycles. The van der Waals surface area contributed by atoms with Crippen molar-refractivity contribution in [2.45, 2.75) is 111 Å². The van der Waals surface area contributed by atoms with E-state index in [-0.39, 0.29) is 41.1 Å². The summed E-state index contributed by atoms with van der Waals surface area (Å²) in [5.41, 5.74) is 12.1. The third-order valence-corrected chi connectivity index (χ3v) is 13.4. The Bertz CT molecular complexity index is 2840. The number of aryl methyl sites for hydroxylation is 1. The summed E-state index contributed by atoms with van der Waals surface area (Å²) < 4.78 is 9.66. The highest BCUT2D eigenvalue weighted by molar-refractivity contribution is 5.93. The van der Waals surface area contributed by atoms with Gasteiger partial charge in [-0.05, 0) is 119 Å². The number of hydrogen-bond donors (Lipinski definition) is 4.